The minimum absolute atomic E-state index is 0.0707. The van der Waals surface area contributed by atoms with E-state index in [-0.39, 0.29) is 29.3 Å². The number of nitrogens with one attached hydrogen (secondary N) is 1. The second-order valence-electron chi connectivity index (χ2n) is 4.95. The van der Waals surface area contributed by atoms with Crippen molar-refractivity contribution < 1.29 is 26.4 Å². The predicted octanol–water partition coefficient (Wildman–Crippen LogP) is 4.71. The normalized spacial score (nSPS) is 11.4. The summed E-state index contributed by atoms with van der Waals surface area (Å²) < 4.78 is 62.2. The summed E-state index contributed by atoms with van der Waals surface area (Å²) in [5.74, 6) is 0. The average Bonchev–Trinajstić information content (AvgIpc) is 2.58. The van der Waals surface area contributed by atoms with Gasteiger partial charge in [-0.05, 0) is 30.7 Å². The van der Waals surface area contributed by atoms with Crippen LogP contribution in [-0.4, -0.2) is 19.1 Å². The Kier molecular flexibility index (Phi) is 8.89. The molecule has 1 heterocycles. The molecule has 1 N–H and O–H groups in total. The zero-order valence-corrected chi connectivity index (χ0v) is 15.6. The number of aromatic nitrogens is 1. The van der Waals surface area contributed by atoms with Crippen LogP contribution in [-0.2, 0) is 28.1 Å². The zero-order chi connectivity index (χ0) is 20.4. The predicted molar refractivity (Wildman–Crippen MR) is 93.9 cm³/mol. The molecule has 0 saturated carbocycles. The van der Waals surface area contributed by atoms with Crippen molar-refractivity contribution in [2.24, 2.45) is 5.16 Å². The van der Waals surface area contributed by atoms with Crippen LogP contribution >= 0.6 is 11.6 Å². The molecule has 0 bridgehead atoms. The first-order valence-electron chi connectivity index (χ1n) is 7.40. The van der Waals surface area contributed by atoms with E-state index in [1.807, 2.05) is 0 Å². The molecule has 1 aromatic heterocycles. The number of rotatable bonds is 5. The lowest BCUT2D eigenvalue weighted by Gasteiger charge is -2.14. The lowest BCUT2D eigenvalue weighted by Crippen LogP contribution is -2.13. The molecule has 0 amide bonds. The number of oxime groups is 1. The molecule has 0 radical (unpaired) electrons. The first-order valence-corrected chi connectivity index (χ1v) is 8.85. The molecule has 27 heavy (non-hydrogen) atoms. The number of nitrogens with zero attached hydrogens (tertiary/aromatic N) is 2. The molecule has 0 saturated heterocycles. The minimum atomic E-state index is -4.49. The van der Waals surface area contributed by atoms with E-state index in [9.17, 15) is 13.2 Å². The lowest BCUT2D eigenvalue weighted by molar-refractivity contribution is -0.137. The summed E-state index contributed by atoms with van der Waals surface area (Å²) in [6, 6.07) is 6.93. The third-order valence-corrected chi connectivity index (χ3v) is 3.30. The van der Waals surface area contributed by atoms with Crippen LogP contribution in [0, 0.1) is 4.78 Å². The summed E-state index contributed by atoms with van der Waals surface area (Å²) in [5, 5.41) is 4.06. The minimum Gasteiger partial charge on any atom is -0.391 e. The van der Waals surface area contributed by atoms with Crippen LogP contribution in [0.5, 0.6) is 0 Å². The van der Waals surface area contributed by atoms with Crippen molar-refractivity contribution in [3.63, 3.8) is 0 Å². The molecule has 0 unspecified atom stereocenters. The van der Waals surface area contributed by atoms with E-state index < -0.39 is 22.2 Å². The Balaban J connectivity index is 0.000000828. The van der Waals surface area contributed by atoms with E-state index in [1.165, 1.54) is 12.1 Å². The molecule has 2 aromatic rings. The number of benzene rings is 1. The van der Waals surface area contributed by atoms with Crippen LogP contribution in [0.2, 0.25) is 5.02 Å². The van der Waals surface area contributed by atoms with Crippen molar-refractivity contribution in [3.8, 4) is 0 Å². The van der Waals surface area contributed by atoms with E-state index in [2.05, 4.69) is 10.1 Å². The van der Waals surface area contributed by atoms with Gasteiger partial charge in [0.15, 0.2) is 0 Å². The van der Waals surface area contributed by atoms with Crippen molar-refractivity contribution in [1.82, 2.24) is 4.98 Å². The zero-order valence-electron chi connectivity index (χ0n) is 14.0. The largest absolute Gasteiger partial charge is 0.417 e. The van der Waals surface area contributed by atoms with Gasteiger partial charge in [-0.15, -0.1) is 0 Å². The first-order chi connectivity index (χ1) is 12.6. The Morgan fingerprint density at radius 3 is 2.52 bits per heavy atom. The van der Waals surface area contributed by atoms with Gasteiger partial charge in [-0.2, -0.15) is 26.4 Å². The molecule has 11 heteroatoms. The van der Waals surface area contributed by atoms with E-state index in [0.29, 0.717) is 0 Å². The Hall–Kier alpha value is -2.46. The van der Waals surface area contributed by atoms with Gasteiger partial charge in [0.1, 0.15) is 6.61 Å². The smallest absolute Gasteiger partial charge is 0.391 e. The van der Waals surface area contributed by atoms with Crippen molar-refractivity contribution in [2.75, 3.05) is 0 Å². The Morgan fingerprint density at radius 2 is 2.00 bits per heavy atom. The van der Waals surface area contributed by atoms with Crippen molar-refractivity contribution in [3.05, 3.63) is 64.4 Å². The number of hydrogen-bond acceptors (Lipinski definition) is 6. The molecule has 0 atom stereocenters. The summed E-state index contributed by atoms with van der Waals surface area (Å²) >= 11 is 5.83. The quantitative estimate of drug-likeness (QED) is 0.558. The fraction of sp³-hybridized carbons (Fsp3) is 0.250. The fourth-order valence-electron chi connectivity index (χ4n) is 1.97. The van der Waals surface area contributed by atoms with Gasteiger partial charge in [0.05, 0.1) is 11.3 Å². The SMILES string of the molecule is CC/C(=N\OCc1cccnc1)c1cc(Cl)ccc1C(F)(F)F.N=S(=O)=O. The van der Waals surface area contributed by atoms with E-state index >= 15 is 0 Å². The number of alkyl halides is 3. The molecule has 0 aliphatic rings. The van der Waals surface area contributed by atoms with Gasteiger partial charge in [-0.25, -0.2) is 0 Å². The summed E-state index contributed by atoms with van der Waals surface area (Å²) in [4.78, 5) is 9.10. The van der Waals surface area contributed by atoms with Crippen LogP contribution < -0.4 is 0 Å². The standard InChI is InChI=1S/C16H14ClF3N2O.HNO2S/c1-2-15(22-23-10-11-4-3-7-21-9-11)13-8-12(17)5-6-14(13)16(18,19)20;1-4(2)3/h3-9H,2,10H2,1H3;1H/b22-15+;. The molecule has 0 fully saturated rings. The number of halogens is 4. The number of pyridine rings is 1. The second-order valence-corrected chi connectivity index (χ2v) is 5.85. The Morgan fingerprint density at radius 1 is 1.33 bits per heavy atom. The maximum Gasteiger partial charge on any atom is 0.417 e. The third-order valence-electron chi connectivity index (χ3n) is 3.06. The van der Waals surface area contributed by atoms with Crippen molar-refractivity contribution in [2.45, 2.75) is 26.1 Å². The van der Waals surface area contributed by atoms with Gasteiger partial charge in [-0.3, -0.25) is 4.98 Å². The lowest BCUT2D eigenvalue weighted by atomic mass is 10.0. The molecule has 1 aromatic carbocycles. The second kappa shape index (κ2) is 10.6. The van der Waals surface area contributed by atoms with Crippen LogP contribution in [0.15, 0.2) is 47.9 Å². The third kappa shape index (κ3) is 8.18. The highest BCUT2D eigenvalue weighted by atomic mass is 35.5. The van der Waals surface area contributed by atoms with Crippen molar-refractivity contribution in [1.29, 1.82) is 4.78 Å². The molecule has 0 aliphatic heterocycles. The maximum atomic E-state index is 13.1. The van der Waals surface area contributed by atoms with E-state index in [1.54, 1.807) is 31.5 Å². The van der Waals surface area contributed by atoms with E-state index in [4.69, 9.17) is 29.6 Å². The van der Waals surface area contributed by atoms with Gasteiger partial charge < -0.3 is 4.84 Å². The van der Waals surface area contributed by atoms with Crippen LogP contribution in [0.25, 0.3) is 0 Å². The maximum absolute atomic E-state index is 13.1. The van der Waals surface area contributed by atoms with Gasteiger partial charge in [-0.1, -0.05) is 29.7 Å². The Labute approximate surface area is 160 Å². The molecular formula is C16H15ClF3N3O3S. The van der Waals surface area contributed by atoms with Crippen LogP contribution in [0.1, 0.15) is 30.0 Å². The first kappa shape index (κ1) is 22.6. The fourth-order valence-corrected chi connectivity index (χ4v) is 2.15. The van der Waals surface area contributed by atoms with Gasteiger partial charge in [0.25, 0.3) is 0 Å². The summed E-state index contributed by atoms with van der Waals surface area (Å²) in [5.41, 5.74) is 0.101. The molecule has 0 spiro atoms. The summed E-state index contributed by atoms with van der Waals surface area (Å²) in [6.07, 6.45) is -0.997. The average molecular weight is 422 g/mol. The van der Waals surface area contributed by atoms with Gasteiger partial charge >= 0.3 is 16.7 Å². The summed E-state index contributed by atoms with van der Waals surface area (Å²) in [6.45, 7) is 1.83. The molecular weight excluding hydrogens is 407 g/mol. The van der Waals surface area contributed by atoms with Crippen LogP contribution in [0.4, 0.5) is 13.2 Å². The Bertz CT molecular complexity index is 882. The van der Waals surface area contributed by atoms with E-state index in [0.717, 1.165) is 11.6 Å². The van der Waals surface area contributed by atoms with Gasteiger partial charge in [0, 0.05) is 28.5 Å². The molecule has 2 rings (SSSR count). The highest BCUT2D eigenvalue weighted by Crippen LogP contribution is 2.34. The number of hydrogen-bond donors (Lipinski definition) is 1. The monoisotopic (exact) mass is 421 g/mol. The topological polar surface area (TPSA) is 92.5 Å². The highest BCUT2D eigenvalue weighted by Gasteiger charge is 2.34. The van der Waals surface area contributed by atoms with Crippen molar-refractivity contribution >= 4 is 27.8 Å². The molecule has 0 aliphatic carbocycles. The highest BCUT2D eigenvalue weighted by molar-refractivity contribution is 7.60. The molecule has 146 valence electrons. The molecule has 6 nitrogen and oxygen atoms in total. The van der Waals surface area contributed by atoms with Gasteiger partial charge in [0.2, 0.25) is 0 Å². The summed E-state index contributed by atoms with van der Waals surface area (Å²) in [7, 11) is -2.61. The van der Waals surface area contributed by atoms with Crippen LogP contribution in [0.3, 0.4) is 0 Å².